The van der Waals surface area contributed by atoms with Crippen LogP contribution in [0.5, 0.6) is 5.75 Å². The smallest absolute Gasteiger partial charge is 0.122 e. The monoisotopic (exact) mass is 283 g/mol. The van der Waals surface area contributed by atoms with Crippen LogP contribution in [0.3, 0.4) is 0 Å². The van der Waals surface area contributed by atoms with Gasteiger partial charge in [-0.3, -0.25) is 0 Å². The van der Waals surface area contributed by atoms with Crippen LogP contribution >= 0.6 is 0 Å². The molecule has 112 valence electrons. The van der Waals surface area contributed by atoms with E-state index in [0.717, 1.165) is 12.2 Å². The van der Waals surface area contributed by atoms with Crippen LogP contribution < -0.4 is 10.1 Å². The Hall–Kier alpha value is -1.80. The Kier molecular flexibility index (Phi) is 5.03. The molecule has 0 bridgehead atoms. The van der Waals surface area contributed by atoms with E-state index in [9.17, 15) is 0 Å². The summed E-state index contributed by atoms with van der Waals surface area (Å²) in [5, 5.41) is 3.44. The van der Waals surface area contributed by atoms with E-state index < -0.39 is 0 Å². The molecule has 2 aromatic carbocycles. The summed E-state index contributed by atoms with van der Waals surface area (Å²) in [4.78, 5) is 0. The number of methoxy groups -OCH3 is 1. The topological polar surface area (TPSA) is 21.3 Å². The molecule has 0 heterocycles. The Balaban J connectivity index is 2.32. The van der Waals surface area contributed by atoms with Gasteiger partial charge in [-0.25, -0.2) is 0 Å². The lowest BCUT2D eigenvalue weighted by Crippen LogP contribution is -2.19. The van der Waals surface area contributed by atoms with Gasteiger partial charge in [-0.1, -0.05) is 47.0 Å². The summed E-state index contributed by atoms with van der Waals surface area (Å²) in [6.45, 7) is 6.42. The van der Waals surface area contributed by atoms with Crippen molar-refractivity contribution in [2.45, 2.75) is 33.2 Å². The maximum atomic E-state index is 5.50. The summed E-state index contributed by atoms with van der Waals surface area (Å²) in [5.41, 5.74) is 6.46. The van der Waals surface area contributed by atoms with Crippen LogP contribution in [0, 0.1) is 20.8 Å². The summed E-state index contributed by atoms with van der Waals surface area (Å²) in [6, 6.07) is 13.4. The van der Waals surface area contributed by atoms with E-state index in [1.54, 1.807) is 7.11 Å². The molecule has 2 rings (SSSR count). The maximum absolute atomic E-state index is 5.50. The molecule has 1 N–H and O–H groups in total. The number of aryl methyl sites for hydroxylation is 3. The van der Waals surface area contributed by atoms with Gasteiger partial charge in [0, 0.05) is 6.04 Å². The predicted molar refractivity (Wildman–Crippen MR) is 89.2 cm³/mol. The average molecular weight is 283 g/mol. The van der Waals surface area contributed by atoms with Crippen molar-refractivity contribution in [1.82, 2.24) is 5.32 Å². The standard InChI is InChI=1S/C19H25NO/c1-13-6-7-19(21-5)17(9-13)12-18(20-4)16-10-14(2)8-15(3)11-16/h6-11,18,20H,12H2,1-5H3. The van der Waals surface area contributed by atoms with E-state index in [2.05, 4.69) is 62.5 Å². The van der Waals surface area contributed by atoms with Gasteiger partial charge in [-0.05, 0) is 51.4 Å². The lowest BCUT2D eigenvalue weighted by atomic mass is 9.95. The summed E-state index contributed by atoms with van der Waals surface area (Å²) in [6.07, 6.45) is 0.921. The quantitative estimate of drug-likeness (QED) is 0.891. The van der Waals surface area contributed by atoms with Crippen LogP contribution in [-0.4, -0.2) is 14.2 Å². The van der Waals surface area contributed by atoms with Crippen molar-refractivity contribution in [3.63, 3.8) is 0 Å². The van der Waals surface area contributed by atoms with Crippen LogP contribution in [0.25, 0.3) is 0 Å². The highest BCUT2D eigenvalue weighted by molar-refractivity contribution is 5.39. The first kappa shape index (κ1) is 15.6. The molecule has 0 saturated carbocycles. The molecule has 0 saturated heterocycles. The third-order valence-electron chi connectivity index (χ3n) is 3.85. The van der Waals surface area contributed by atoms with Crippen LogP contribution in [0.4, 0.5) is 0 Å². The number of benzene rings is 2. The van der Waals surface area contributed by atoms with E-state index in [4.69, 9.17) is 4.74 Å². The van der Waals surface area contributed by atoms with Gasteiger partial charge in [0.2, 0.25) is 0 Å². The molecular weight excluding hydrogens is 258 g/mol. The van der Waals surface area contributed by atoms with Crippen LogP contribution in [0.15, 0.2) is 36.4 Å². The van der Waals surface area contributed by atoms with Gasteiger partial charge in [-0.15, -0.1) is 0 Å². The minimum Gasteiger partial charge on any atom is -0.496 e. The third-order valence-corrected chi connectivity index (χ3v) is 3.85. The molecule has 0 radical (unpaired) electrons. The van der Waals surface area contributed by atoms with Crippen LogP contribution in [-0.2, 0) is 6.42 Å². The fourth-order valence-corrected chi connectivity index (χ4v) is 2.88. The molecule has 0 aliphatic carbocycles. The lowest BCUT2D eigenvalue weighted by molar-refractivity contribution is 0.406. The number of hydrogen-bond acceptors (Lipinski definition) is 2. The second kappa shape index (κ2) is 6.77. The van der Waals surface area contributed by atoms with Gasteiger partial charge in [-0.2, -0.15) is 0 Å². The molecule has 0 amide bonds. The highest BCUT2D eigenvalue weighted by atomic mass is 16.5. The van der Waals surface area contributed by atoms with Crippen molar-refractivity contribution >= 4 is 0 Å². The summed E-state index contributed by atoms with van der Waals surface area (Å²) in [5.74, 6) is 0.963. The van der Waals surface area contributed by atoms with Crippen molar-refractivity contribution in [2.75, 3.05) is 14.2 Å². The fraction of sp³-hybridized carbons (Fsp3) is 0.368. The number of hydrogen-bond donors (Lipinski definition) is 1. The van der Waals surface area contributed by atoms with Crippen molar-refractivity contribution in [2.24, 2.45) is 0 Å². The van der Waals surface area contributed by atoms with Crippen LogP contribution in [0.1, 0.15) is 33.9 Å². The SMILES string of the molecule is CNC(Cc1cc(C)ccc1OC)c1cc(C)cc(C)c1. The van der Waals surface area contributed by atoms with Crippen LogP contribution in [0.2, 0.25) is 0 Å². The number of rotatable bonds is 5. The molecular formula is C19H25NO. The van der Waals surface area contributed by atoms with E-state index in [-0.39, 0.29) is 0 Å². The average Bonchev–Trinajstić information content (AvgIpc) is 2.43. The van der Waals surface area contributed by atoms with Gasteiger partial charge in [0.1, 0.15) is 5.75 Å². The van der Waals surface area contributed by atoms with E-state index in [1.165, 1.54) is 27.8 Å². The minimum atomic E-state index is 0.291. The number of ether oxygens (including phenoxy) is 1. The first-order valence-corrected chi connectivity index (χ1v) is 7.42. The zero-order valence-electron chi connectivity index (χ0n) is 13.7. The number of likely N-dealkylation sites (N-methyl/N-ethyl adjacent to an activating group) is 1. The molecule has 1 atom stereocenters. The Morgan fingerprint density at radius 1 is 0.952 bits per heavy atom. The Morgan fingerprint density at radius 2 is 1.62 bits per heavy atom. The molecule has 0 aliphatic rings. The highest BCUT2D eigenvalue weighted by Gasteiger charge is 2.14. The fourth-order valence-electron chi connectivity index (χ4n) is 2.88. The van der Waals surface area contributed by atoms with Gasteiger partial charge in [0.05, 0.1) is 7.11 Å². The second-order valence-corrected chi connectivity index (χ2v) is 5.78. The maximum Gasteiger partial charge on any atom is 0.122 e. The van der Waals surface area contributed by atoms with Gasteiger partial charge < -0.3 is 10.1 Å². The first-order chi connectivity index (χ1) is 10.0. The molecule has 0 spiro atoms. The van der Waals surface area contributed by atoms with Crippen molar-refractivity contribution in [1.29, 1.82) is 0 Å². The molecule has 2 nitrogen and oxygen atoms in total. The Bertz CT molecular complexity index is 599. The molecule has 0 aromatic heterocycles. The number of nitrogens with one attached hydrogen (secondary N) is 1. The van der Waals surface area contributed by atoms with Gasteiger partial charge >= 0.3 is 0 Å². The molecule has 2 aromatic rings. The summed E-state index contributed by atoms with van der Waals surface area (Å²) in [7, 11) is 3.75. The van der Waals surface area contributed by atoms with Crippen molar-refractivity contribution in [3.05, 3.63) is 64.2 Å². The normalized spacial score (nSPS) is 12.2. The zero-order valence-corrected chi connectivity index (χ0v) is 13.7. The minimum absolute atomic E-state index is 0.291. The van der Waals surface area contributed by atoms with E-state index in [0.29, 0.717) is 6.04 Å². The Labute approximate surface area is 128 Å². The molecule has 0 aliphatic heterocycles. The van der Waals surface area contributed by atoms with E-state index in [1.807, 2.05) is 7.05 Å². The van der Waals surface area contributed by atoms with Crippen molar-refractivity contribution < 1.29 is 4.74 Å². The van der Waals surface area contributed by atoms with E-state index >= 15 is 0 Å². The van der Waals surface area contributed by atoms with Gasteiger partial charge in [0.15, 0.2) is 0 Å². The molecule has 2 heteroatoms. The predicted octanol–water partition coefficient (Wildman–Crippen LogP) is 4.12. The lowest BCUT2D eigenvalue weighted by Gasteiger charge is -2.20. The molecule has 1 unspecified atom stereocenters. The Morgan fingerprint density at radius 3 is 2.19 bits per heavy atom. The second-order valence-electron chi connectivity index (χ2n) is 5.78. The molecule has 21 heavy (non-hydrogen) atoms. The highest BCUT2D eigenvalue weighted by Crippen LogP contribution is 2.27. The van der Waals surface area contributed by atoms with Gasteiger partial charge in [0.25, 0.3) is 0 Å². The summed E-state index contributed by atoms with van der Waals surface area (Å²) < 4.78 is 5.50. The summed E-state index contributed by atoms with van der Waals surface area (Å²) >= 11 is 0. The largest absolute Gasteiger partial charge is 0.496 e. The first-order valence-electron chi connectivity index (χ1n) is 7.42. The molecule has 0 fully saturated rings. The van der Waals surface area contributed by atoms with Crippen molar-refractivity contribution in [3.8, 4) is 5.75 Å². The third kappa shape index (κ3) is 3.85. The zero-order chi connectivity index (χ0) is 15.4.